The van der Waals surface area contributed by atoms with Crippen LogP contribution in [0.1, 0.15) is 32.6 Å². The number of hydrogen-bond acceptors (Lipinski definition) is 3. The highest BCUT2D eigenvalue weighted by atomic mass is 35.5. The second-order valence-corrected chi connectivity index (χ2v) is 7.76. The molecule has 17 heavy (non-hydrogen) atoms. The zero-order valence-electron chi connectivity index (χ0n) is 10.9. The van der Waals surface area contributed by atoms with Gasteiger partial charge in [0.2, 0.25) is 10.0 Å². The predicted octanol–water partition coefficient (Wildman–Crippen LogP) is 1.61. The molecule has 0 amide bonds. The molecule has 102 valence electrons. The molecule has 1 aliphatic rings. The maximum absolute atomic E-state index is 11.4. The third-order valence-corrected chi connectivity index (χ3v) is 5.51. The Labute approximate surface area is 110 Å². The number of halogens is 1. The normalized spacial score (nSPS) is 30.8. The van der Waals surface area contributed by atoms with Crippen LogP contribution >= 0.6 is 11.6 Å². The van der Waals surface area contributed by atoms with Gasteiger partial charge < -0.3 is 4.90 Å². The molecule has 0 bridgehead atoms. The summed E-state index contributed by atoms with van der Waals surface area (Å²) in [4.78, 5) is 2.15. The van der Waals surface area contributed by atoms with Crippen molar-refractivity contribution in [1.82, 2.24) is 9.62 Å². The van der Waals surface area contributed by atoms with Crippen molar-refractivity contribution in [1.29, 1.82) is 0 Å². The maximum atomic E-state index is 11.4. The fourth-order valence-electron chi connectivity index (χ4n) is 2.64. The monoisotopic (exact) mass is 282 g/mol. The molecule has 1 aliphatic carbocycles. The standard InChI is InChI=1S/C11H23ClN2O2S/c1-10-5-4-6-11(7-10,14(2)3)8-13-17(15,16)9-12/h10,13H,4-9H2,1-3H3. The summed E-state index contributed by atoms with van der Waals surface area (Å²) < 4.78 is 25.5. The van der Waals surface area contributed by atoms with E-state index in [-0.39, 0.29) is 10.8 Å². The number of hydrogen-bond donors (Lipinski definition) is 1. The lowest BCUT2D eigenvalue weighted by Gasteiger charge is -2.45. The molecule has 4 nitrogen and oxygen atoms in total. The Morgan fingerprint density at radius 3 is 2.59 bits per heavy atom. The van der Waals surface area contributed by atoms with Crippen LogP contribution in [0.2, 0.25) is 0 Å². The molecule has 1 fully saturated rings. The van der Waals surface area contributed by atoms with Crippen molar-refractivity contribution in [2.75, 3.05) is 25.9 Å². The van der Waals surface area contributed by atoms with E-state index in [0.29, 0.717) is 12.5 Å². The van der Waals surface area contributed by atoms with Crippen LogP contribution in [0.4, 0.5) is 0 Å². The lowest BCUT2D eigenvalue weighted by Crippen LogP contribution is -2.55. The number of sulfonamides is 1. The molecule has 0 saturated heterocycles. The van der Waals surface area contributed by atoms with E-state index in [2.05, 4.69) is 16.5 Å². The van der Waals surface area contributed by atoms with Gasteiger partial charge in [0.25, 0.3) is 0 Å². The highest BCUT2D eigenvalue weighted by Crippen LogP contribution is 2.35. The lowest BCUT2D eigenvalue weighted by atomic mass is 9.75. The van der Waals surface area contributed by atoms with E-state index in [9.17, 15) is 8.42 Å². The first-order valence-corrected chi connectivity index (χ1v) is 8.21. The quantitative estimate of drug-likeness (QED) is 0.780. The van der Waals surface area contributed by atoms with Crippen LogP contribution in [-0.2, 0) is 10.0 Å². The average molecular weight is 283 g/mol. The lowest BCUT2D eigenvalue weighted by molar-refractivity contribution is 0.0805. The zero-order valence-corrected chi connectivity index (χ0v) is 12.4. The number of likely N-dealkylation sites (N-methyl/N-ethyl adjacent to an activating group) is 1. The van der Waals surface area contributed by atoms with Gasteiger partial charge in [0.1, 0.15) is 5.21 Å². The summed E-state index contributed by atoms with van der Waals surface area (Å²) >= 11 is 5.40. The summed E-state index contributed by atoms with van der Waals surface area (Å²) in [5.41, 5.74) is -0.0587. The summed E-state index contributed by atoms with van der Waals surface area (Å²) in [6.07, 6.45) is 4.46. The fourth-order valence-corrected chi connectivity index (χ4v) is 3.44. The van der Waals surface area contributed by atoms with Gasteiger partial charge in [-0.25, -0.2) is 13.1 Å². The van der Waals surface area contributed by atoms with Crippen LogP contribution in [0.15, 0.2) is 0 Å². The summed E-state index contributed by atoms with van der Waals surface area (Å²) in [6.45, 7) is 2.69. The summed E-state index contributed by atoms with van der Waals surface area (Å²) in [6, 6.07) is 0. The van der Waals surface area contributed by atoms with Crippen molar-refractivity contribution in [2.24, 2.45) is 5.92 Å². The molecular weight excluding hydrogens is 260 g/mol. The Morgan fingerprint density at radius 1 is 1.47 bits per heavy atom. The van der Waals surface area contributed by atoms with Gasteiger partial charge in [0.15, 0.2) is 0 Å². The molecule has 1 N–H and O–H groups in total. The highest BCUT2D eigenvalue weighted by Gasteiger charge is 2.37. The summed E-state index contributed by atoms with van der Waals surface area (Å²) in [5.74, 6) is 0.645. The highest BCUT2D eigenvalue weighted by molar-refractivity contribution is 7.90. The Morgan fingerprint density at radius 2 is 2.12 bits per heavy atom. The van der Waals surface area contributed by atoms with Gasteiger partial charge in [-0.05, 0) is 32.9 Å². The molecule has 1 rings (SSSR count). The third kappa shape index (κ3) is 4.09. The van der Waals surface area contributed by atoms with Gasteiger partial charge in [0.05, 0.1) is 0 Å². The predicted molar refractivity (Wildman–Crippen MR) is 71.7 cm³/mol. The molecule has 0 aromatic carbocycles. The number of nitrogens with one attached hydrogen (secondary N) is 1. The van der Waals surface area contributed by atoms with Gasteiger partial charge in [-0.3, -0.25) is 0 Å². The maximum Gasteiger partial charge on any atom is 0.225 e. The molecule has 0 aliphatic heterocycles. The van der Waals surface area contributed by atoms with Crippen LogP contribution in [0.5, 0.6) is 0 Å². The summed E-state index contributed by atoms with van der Waals surface area (Å²) in [7, 11) is 0.723. The van der Waals surface area contributed by atoms with E-state index in [4.69, 9.17) is 11.6 Å². The molecule has 0 radical (unpaired) electrons. The van der Waals surface area contributed by atoms with E-state index in [1.54, 1.807) is 0 Å². The van der Waals surface area contributed by atoms with Gasteiger partial charge in [0, 0.05) is 12.1 Å². The minimum Gasteiger partial charge on any atom is -0.302 e. The second-order valence-electron chi connectivity index (χ2n) is 5.37. The molecular formula is C11H23ClN2O2S. The molecule has 2 atom stereocenters. The number of alkyl halides is 1. The van der Waals surface area contributed by atoms with Gasteiger partial charge >= 0.3 is 0 Å². The SMILES string of the molecule is CC1CCCC(CNS(=O)(=O)CCl)(N(C)C)C1. The van der Waals surface area contributed by atoms with Crippen LogP contribution in [0, 0.1) is 5.92 Å². The van der Waals surface area contributed by atoms with E-state index >= 15 is 0 Å². The minimum atomic E-state index is -3.32. The first-order chi connectivity index (χ1) is 7.81. The first-order valence-electron chi connectivity index (χ1n) is 6.02. The minimum absolute atomic E-state index is 0.0587. The van der Waals surface area contributed by atoms with Crippen LogP contribution in [0.3, 0.4) is 0 Å². The van der Waals surface area contributed by atoms with E-state index in [1.165, 1.54) is 6.42 Å². The fraction of sp³-hybridized carbons (Fsp3) is 1.00. The van der Waals surface area contributed by atoms with Crippen LogP contribution < -0.4 is 4.72 Å². The first kappa shape index (κ1) is 15.2. The molecule has 6 heteroatoms. The largest absolute Gasteiger partial charge is 0.302 e. The number of rotatable bonds is 5. The van der Waals surface area contributed by atoms with E-state index in [0.717, 1.165) is 19.3 Å². The van der Waals surface area contributed by atoms with Gasteiger partial charge in [-0.15, -0.1) is 11.6 Å². The van der Waals surface area contributed by atoms with Crippen molar-refractivity contribution in [3.63, 3.8) is 0 Å². The Bertz CT molecular complexity index is 345. The summed E-state index contributed by atoms with van der Waals surface area (Å²) in [5, 5.41) is -0.369. The van der Waals surface area contributed by atoms with Crippen molar-refractivity contribution in [2.45, 2.75) is 38.1 Å². The zero-order chi connectivity index (χ0) is 13.1. The van der Waals surface area contributed by atoms with Crippen molar-refractivity contribution in [3.8, 4) is 0 Å². The van der Waals surface area contributed by atoms with Gasteiger partial charge in [-0.1, -0.05) is 19.8 Å². The topological polar surface area (TPSA) is 49.4 Å². The Balaban J connectivity index is 2.72. The molecule has 0 aromatic rings. The van der Waals surface area contributed by atoms with Crippen molar-refractivity contribution in [3.05, 3.63) is 0 Å². The molecule has 2 unspecified atom stereocenters. The van der Waals surface area contributed by atoms with E-state index < -0.39 is 10.0 Å². The average Bonchev–Trinajstić information content (AvgIpc) is 2.26. The molecule has 0 aromatic heterocycles. The van der Waals surface area contributed by atoms with Crippen molar-refractivity contribution < 1.29 is 8.42 Å². The Hall–Kier alpha value is 0.160. The second kappa shape index (κ2) is 5.87. The molecule has 0 heterocycles. The number of nitrogens with zero attached hydrogens (tertiary/aromatic N) is 1. The molecule has 1 saturated carbocycles. The third-order valence-electron chi connectivity index (χ3n) is 3.78. The van der Waals surface area contributed by atoms with Crippen LogP contribution in [-0.4, -0.2) is 44.7 Å². The Kier molecular flexibility index (Phi) is 5.25. The smallest absolute Gasteiger partial charge is 0.225 e. The van der Waals surface area contributed by atoms with Gasteiger partial charge in [-0.2, -0.15) is 0 Å². The molecule has 0 spiro atoms. The van der Waals surface area contributed by atoms with Crippen LogP contribution in [0.25, 0.3) is 0 Å². The van der Waals surface area contributed by atoms with E-state index in [1.807, 2.05) is 14.1 Å². The van der Waals surface area contributed by atoms with Crippen molar-refractivity contribution >= 4 is 21.6 Å².